The van der Waals surface area contributed by atoms with Gasteiger partial charge in [0.2, 0.25) is 0 Å². The van der Waals surface area contributed by atoms with Gasteiger partial charge in [0.05, 0.1) is 5.56 Å². The van der Waals surface area contributed by atoms with E-state index in [1.807, 2.05) is 0 Å². The Morgan fingerprint density at radius 3 is 2.78 bits per heavy atom. The maximum absolute atomic E-state index is 13.9. The van der Waals surface area contributed by atoms with Crippen LogP contribution >= 0.6 is 0 Å². The highest BCUT2D eigenvalue weighted by atomic mass is 32.2. The van der Waals surface area contributed by atoms with Gasteiger partial charge in [0.25, 0.3) is 5.91 Å². The average molecular weight is 271 g/mol. The third-order valence-electron chi connectivity index (χ3n) is 2.82. The molecule has 1 fully saturated rings. The Bertz CT molecular complexity index is 485. The van der Waals surface area contributed by atoms with Crippen LogP contribution in [0.15, 0.2) is 12.3 Å². The Labute approximate surface area is 107 Å². The molecule has 1 aliphatic heterocycles. The van der Waals surface area contributed by atoms with Gasteiger partial charge in [0.15, 0.2) is 11.6 Å². The van der Waals surface area contributed by atoms with Crippen LogP contribution in [0.3, 0.4) is 0 Å². The fourth-order valence-corrected chi connectivity index (χ4v) is 2.85. The third kappa shape index (κ3) is 2.50. The van der Waals surface area contributed by atoms with Crippen LogP contribution in [0.25, 0.3) is 0 Å². The number of anilines is 1. The van der Waals surface area contributed by atoms with Crippen LogP contribution in [0.2, 0.25) is 0 Å². The standard InChI is InChI=1S/C11H14FN3O2S/c1-13-10-9(12)8(2-3-14-10)11(16)15-4-6-18(17)7-5-15/h2-3H,4-7H2,1H3,(H,13,14). The molecule has 2 rings (SSSR count). The van der Waals surface area contributed by atoms with Crippen LogP contribution in [-0.4, -0.2) is 51.6 Å². The zero-order valence-corrected chi connectivity index (χ0v) is 10.8. The van der Waals surface area contributed by atoms with Crippen molar-refractivity contribution in [1.82, 2.24) is 9.88 Å². The van der Waals surface area contributed by atoms with E-state index < -0.39 is 16.6 Å². The number of carbonyl (C=O) groups excluding carboxylic acids is 1. The number of halogens is 1. The van der Waals surface area contributed by atoms with Crippen molar-refractivity contribution in [2.45, 2.75) is 0 Å². The monoisotopic (exact) mass is 271 g/mol. The van der Waals surface area contributed by atoms with E-state index in [4.69, 9.17) is 0 Å². The molecule has 0 radical (unpaired) electrons. The Balaban J connectivity index is 2.21. The van der Waals surface area contributed by atoms with E-state index in [0.29, 0.717) is 24.6 Å². The van der Waals surface area contributed by atoms with Crippen molar-refractivity contribution in [3.8, 4) is 0 Å². The molecular formula is C11H14FN3O2S. The lowest BCUT2D eigenvalue weighted by molar-refractivity contribution is 0.0766. The van der Waals surface area contributed by atoms with Crippen LogP contribution in [0, 0.1) is 5.82 Å². The molecule has 7 heteroatoms. The topological polar surface area (TPSA) is 62.3 Å². The molecule has 1 aliphatic rings. The minimum Gasteiger partial charge on any atom is -0.371 e. The summed E-state index contributed by atoms with van der Waals surface area (Å²) in [5.74, 6) is -0.0458. The van der Waals surface area contributed by atoms with Gasteiger partial charge in [-0.25, -0.2) is 9.37 Å². The molecule has 0 bridgehead atoms. The molecular weight excluding hydrogens is 257 g/mol. The van der Waals surface area contributed by atoms with E-state index in [1.54, 1.807) is 7.05 Å². The Hall–Kier alpha value is -1.50. The van der Waals surface area contributed by atoms with Crippen LogP contribution < -0.4 is 5.32 Å². The summed E-state index contributed by atoms with van der Waals surface area (Å²) >= 11 is 0. The Morgan fingerprint density at radius 1 is 1.50 bits per heavy atom. The molecule has 0 unspecified atom stereocenters. The van der Waals surface area contributed by atoms with Crippen molar-refractivity contribution >= 4 is 22.5 Å². The number of hydrogen-bond donors (Lipinski definition) is 1. The molecule has 1 N–H and O–H groups in total. The molecule has 1 saturated heterocycles. The zero-order valence-electron chi connectivity index (χ0n) is 9.98. The summed E-state index contributed by atoms with van der Waals surface area (Å²) in [7, 11) is 0.688. The normalized spacial score (nSPS) is 16.7. The smallest absolute Gasteiger partial charge is 0.257 e. The molecule has 98 valence electrons. The van der Waals surface area contributed by atoms with Gasteiger partial charge in [-0.15, -0.1) is 0 Å². The minimum absolute atomic E-state index is 0.00188. The van der Waals surface area contributed by atoms with Gasteiger partial charge in [-0.3, -0.25) is 9.00 Å². The summed E-state index contributed by atoms with van der Waals surface area (Å²) in [4.78, 5) is 17.4. The first-order valence-electron chi connectivity index (χ1n) is 5.60. The average Bonchev–Trinajstić information content (AvgIpc) is 2.39. The number of nitrogens with one attached hydrogen (secondary N) is 1. The molecule has 0 aliphatic carbocycles. The summed E-state index contributed by atoms with van der Waals surface area (Å²) in [6, 6.07) is 1.37. The molecule has 0 saturated carbocycles. The molecule has 18 heavy (non-hydrogen) atoms. The maximum Gasteiger partial charge on any atom is 0.257 e. The summed E-state index contributed by atoms with van der Waals surface area (Å²) in [6.45, 7) is 0.810. The second-order valence-electron chi connectivity index (χ2n) is 3.91. The molecule has 1 aromatic heterocycles. The van der Waals surface area contributed by atoms with Gasteiger partial charge in [-0.05, 0) is 6.07 Å². The highest BCUT2D eigenvalue weighted by molar-refractivity contribution is 7.85. The quantitative estimate of drug-likeness (QED) is 0.849. The van der Waals surface area contributed by atoms with Gasteiger partial charge in [0.1, 0.15) is 0 Å². The van der Waals surface area contributed by atoms with Gasteiger partial charge in [-0.2, -0.15) is 0 Å². The highest BCUT2D eigenvalue weighted by Crippen LogP contribution is 2.17. The van der Waals surface area contributed by atoms with E-state index in [9.17, 15) is 13.4 Å². The van der Waals surface area contributed by atoms with E-state index in [1.165, 1.54) is 17.2 Å². The van der Waals surface area contributed by atoms with E-state index >= 15 is 0 Å². The summed E-state index contributed by atoms with van der Waals surface area (Å²) in [5, 5.41) is 2.60. The summed E-state index contributed by atoms with van der Waals surface area (Å²) in [6.07, 6.45) is 1.39. The zero-order chi connectivity index (χ0) is 13.1. The van der Waals surface area contributed by atoms with Crippen molar-refractivity contribution in [2.24, 2.45) is 0 Å². The van der Waals surface area contributed by atoms with Gasteiger partial charge in [0, 0.05) is 48.6 Å². The third-order valence-corrected chi connectivity index (χ3v) is 4.10. The number of amides is 1. The van der Waals surface area contributed by atoms with Gasteiger partial charge >= 0.3 is 0 Å². The molecule has 2 heterocycles. The van der Waals surface area contributed by atoms with Gasteiger partial charge < -0.3 is 10.2 Å². The Morgan fingerprint density at radius 2 is 2.17 bits per heavy atom. The minimum atomic E-state index is -0.858. The van der Waals surface area contributed by atoms with Crippen LogP contribution in [-0.2, 0) is 10.8 Å². The second-order valence-corrected chi connectivity index (χ2v) is 5.61. The second kappa shape index (κ2) is 5.43. The number of pyridine rings is 1. The van der Waals surface area contributed by atoms with E-state index in [-0.39, 0.29) is 17.3 Å². The van der Waals surface area contributed by atoms with Crippen LogP contribution in [0.4, 0.5) is 10.2 Å². The van der Waals surface area contributed by atoms with E-state index in [0.717, 1.165) is 0 Å². The molecule has 0 atom stereocenters. The predicted octanol–water partition coefficient (Wildman–Crippen LogP) is 0.467. The lowest BCUT2D eigenvalue weighted by Gasteiger charge is -2.26. The number of hydrogen-bond acceptors (Lipinski definition) is 4. The number of rotatable bonds is 2. The van der Waals surface area contributed by atoms with Crippen molar-refractivity contribution < 1.29 is 13.4 Å². The van der Waals surface area contributed by atoms with Crippen molar-refractivity contribution in [3.05, 3.63) is 23.6 Å². The fraction of sp³-hybridized carbons (Fsp3) is 0.455. The SMILES string of the molecule is CNc1nccc(C(=O)N2CCS(=O)CC2)c1F. The first-order chi connectivity index (χ1) is 8.63. The number of aromatic nitrogens is 1. The van der Waals surface area contributed by atoms with Crippen molar-refractivity contribution in [3.63, 3.8) is 0 Å². The molecule has 1 aromatic rings. The Kier molecular flexibility index (Phi) is 3.90. The van der Waals surface area contributed by atoms with Crippen LogP contribution in [0.1, 0.15) is 10.4 Å². The summed E-state index contributed by atoms with van der Waals surface area (Å²) < 4.78 is 25.1. The predicted molar refractivity (Wildman–Crippen MR) is 67.5 cm³/mol. The molecule has 0 spiro atoms. The van der Waals surface area contributed by atoms with Crippen molar-refractivity contribution in [2.75, 3.05) is 37.0 Å². The summed E-state index contributed by atoms with van der Waals surface area (Å²) in [5.41, 5.74) is 0.00188. The first-order valence-corrected chi connectivity index (χ1v) is 7.09. The number of carbonyl (C=O) groups is 1. The van der Waals surface area contributed by atoms with Crippen molar-refractivity contribution in [1.29, 1.82) is 0 Å². The molecule has 1 amide bonds. The largest absolute Gasteiger partial charge is 0.371 e. The fourth-order valence-electron chi connectivity index (χ4n) is 1.79. The molecule has 0 aromatic carbocycles. The lowest BCUT2D eigenvalue weighted by Crippen LogP contribution is -2.42. The first kappa shape index (κ1) is 12.9. The highest BCUT2D eigenvalue weighted by Gasteiger charge is 2.24. The number of nitrogens with zero attached hydrogens (tertiary/aromatic N) is 2. The van der Waals surface area contributed by atoms with E-state index in [2.05, 4.69) is 10.3 Å². The van der Waals surface area contributed by atoms with Gasteiger partial charge in [-0.1, -0.05) is 0 Å². The molecule has 5 nitrogen and oxygen atoms in total. The van der Waals surface area contributed by atoms with Crippen LogP contribution in [0.5, 0.6) is 0 Å². The maximum atomic E-state index is 13.9. The lowest BCUT2D eigenvalue weighted by atomic mass is 10.2.